The lowest BCUT2D eigenvalue weighted by Gasteiger charge is -2.12. The summed E-state index contributed by atoms with van der Waals surface area (Å²) in [6.45, 7) is 5.60. The molecule has 0 radical (unpaired) electrons. The van der Waals surface area contributed by atoms with Crippen LogP contribution in [-0.2, 0) is 6.54 Å². The second-order valence-corrected chi connectivity index (χ2v) is 3.82. The molecule has 3 heteroatoms. The van der Waals surface area contributed by atoms with E-state index >= 15 is 0 Å². The topological polar surface area (TPSA) is 47.3 Å². The van der Waals surface area contributed by atoms with Crippen molar-refractivity contribution in [2.24, 2.45) is 5.73 Å². The quantitative estimate of drug-likeness (QED) is 0.769. The number of aryl methyl sites for hydroxylation is 1. The molecule has 0 spiro atoms. The van der Waals surface area contributed by atoms with Gasteiger partial charge in [0.2, 0.25) is 0 Å². The lowest BCUT2D eigenvalue weighted by Crippen LogP contribution is -2.32. The number of nitrogens with two attached hydrogens (primary N) is 1. The van der Waals surface area contributed by atoms with Crippen molar-refractivity contribution in [1.82, 2.24) is 5.32 Å². The van der Waals surface area contributed by atoms with Crippen LogP contribution in [-0.4, -0.2) is 19.7 Å². The lowest BCUT2D eigenvalue weighted by molar-refractivity contribution is 0.410. The zero-order chi connectivity index (χ0) is 11.3. The number of hydrogen-bond acceptors (Lipinski definition) is 3. The van der Waals surface area contributed by atoms with Crippen LogP contribution in [0.4, 0.5) is 0 Å². The van der Waals surface area contributed by atoms with Gasteiger partial charge in [-0.3, -0.25) is 0 Å². The highest BCUT2D eigenvalue weighted by molar-refractivity contribution is 5.36. The molecule has 84 valence electrons. The Morgan fingerprint density at radius 1 is 1.47 bits per heavy atom. The lowest BCUT2D eigenvalue weighted by atomic mass is 10.1. The summed E-state index contributed by atoms with van der Waals surface area (Å²) in [5.41, 5.74) is 7.91. The maximum Gasteiger partial charge on any atom is 0.122 e. The molecule has 0 aliphatic rings. The number of nitrogens with one attached hydrogen (secondary N) is 1. The van der Waals surface area contributed by atoms with Gasteiger partial charge in [0.05, 0.1) is 7.11 Å². The van der Waals surface area contributed by atoms with Gasteiger partial charge in [-0.2, -0.15) is 0 Å². The van der Waals surface area contributed by atoms with Crippen molar-refractivity contribution >= 4 is 0 Å². The number of hydrogen-bond donors (Lipinski definition) is 2. The van der Waals surface area contributed by atoms with E-state index in [4.69, 9.17) is 10.5 Å². The molecule has 1 atom stereocenters. The molecule has 3 nitrogen and oxygen atoms in total. The van der Waals surface area contributed by atoms with Crippen molar-refractivity contribution in [3.05, 3.63) is 29.3 Å². The summed E-state index contributed by atoms with van der Waals surface area (Å²) in [6.07, 6.45) is 0. The van der Waals surface area contributed by atoms with Crippen LogP contribution in [0.25, 0.3) is 0 Å². The third-order valence-corrected chi connectivity index (χ3v) is 2.48. The second kappa shape index (κ2) is 5.73. The Morgan fingerprint density at radius 2 is 2.20 bits per heavy atom. The highest BCUT2D eigenvalue weighted by Crippen LogP contribution is 2.18. The van der Waals surface area contributed by atoms with Gasteiger partial charge in [0.15, 0.2) is 0 Å². The molecule has 1 rings (SSSR count). The van der Waals surface area contributed by atoms with E-state index in [-0.39, 0.29) is 0 Å². The first-order valence-corrected chi connectivity index (χ1v) is 5.24. The largest absolute Gasteiger partial charge is 0.496 e. The fourth-order valence-corrected chi connectivity index (χ4v) is 1.35. The molecule has 0 aliphatic heterocycles. The van der Waals surface area contributed by atoms with E-state index < -0.39 is 0 Å². The smallest absolute Gasteiger partial charge is 0.122 e. The molecule has 0 fully saturated rings. The van der Waals surface area contributed by atoms with Gasteiger partial charge in [-0.1, -0.05) is 12.1 Å². The predicted molar refractivity (Wildman–Crippen MR) is 63.1 cm³/mol. The van der Waals surface area contributed by atoms with Gasteiger partial charge in [0, 0.05) is 19.1 Å². The van der Waals surface area contributed by atoms with E-state index in [0.29, 0.717) is 12.6 Å². The summed E-state index contributed by atoms with van der Waals surface area (Å²) in [7, 11) is 1.70. The van der Waals surface area contributed by atoms with Crippen LogP contribution in [0.3, 0.4) is 0 Å². The van der Waals surface area contributed by atoms with E-state index in [2.05, 4.69) is 30.4 Å². The SMILES string of the molecule is COc1cc(CN[C@@H](C)CN)ccc1C. The van der Waals surface area contributed by atoms with Crippen LogP contribution in [0.5, 0.6) is 5.75 Å². The summed E-state index contributed by atoms with van der Waals surface area (Å²) in [5.74, 6) is 0.940. The molecule has 0 aromatic heterocycles. The fraction of sp³-hybridized carbons (Fsp3) is 0.500. The van der Waals surface area contributed by atoms with E-state index in [0.717, 1.165) is 17.9 Å². The molecule has 0 aliphatic carbocycles. The molecule has 1 aromatic rings. The first-order chi connectivity index (χ1) is 7.17. The van der Waals surface area contributed by atoms with Crippen molar-refractivity contribution in [2.75, 3.05) is 13.7 Å². The Kier molecular flexibility index (Phi) is 4.59. The summed E-state index contributed by atoms with van der Waals surface area (Å²) in [6, 6.07) is 6.58. The van der Waals surface area contributed by atoms with Crippen LogP contribution in [0, 0.1) is 6.92 Å². The Bertz CT molecular complexity index is 312. The Balaban J connectivity index is 2.62. The molecule has 15 heavy (non-hydrogen) atoms. The fourth-order valence-electron chi connectivity index (χ4n) is 1.35. The van der Waals surface area contributed by atoms with Gasteiger partial charge in [-0.15, -0.1) is 0 Å². The van der Waals surface area contributed by atoms with Crippen LogP contribution in [0.2, 0.25) is 0 Å². The maximum atomic E-state index is 5.53. The van der Waals surface area contributed by atoms with Gasteiger partial charge in [-0.25, -0.2) is 0 Å². The predicted octanol–water partition coefficient (Wildman–Crippen LogP) is 1.44. The van der Waals surface area contributed by atoms with Gasteiger partial charge < -0.3 is 15.8 Å². The van der Waals surface area contributed by atoms with Crippen LogP contribution in [0.1, 0.15) is 18.1 Å². The van der Waals surface area contributed by atoms with Crippen LogP contribution in [0.15, 0.2) is 18.2 Å². The minimum Gasteiger partial charge on any atom is -0.496 e. The number of rotatable bonds is 5. The van der Waals surface area contributed by atoms with Gasteiger partial charge in [-0.05, 0) is 31.0 Å². The van der Waals surface area contributed by atoms with E-state index in [9.17, 15) is 0 Å². The van der Waals surface area contributed by atoms with E-state index in [1.54, 1.807) is 7.11 Å². The van der Waals surface area contributed by atoms with Crippen molar-refractivity contribution < 1.29 is 4.74 Å². The summed E-state index contributed by atoms with van der Waals surface area (Å²) < 4.78 is 5.27. The first-order valence-electron chi connectivity index (χ1n) is 5.24. The average molecular weight is 208 g/mol. The molecular weight excluding hydrogens is 188 g/mol. The summed E-state index contributed by atoms with van der Waals surface area (Å²) in [5, 5.41) is 3.34. The normalized spacial score (nSPS) is 12.5. The highest BCUT2D eigenvalue weighted by atomic mass is 16.5. The monoisotopic (exact) mass is 208 g/mol. The zero-order valence-electron chi connectivity index (χ0n) is 9.71. The van der Waals surface area contributed by atoms with Crippen molar-refractivity contribution in [3.63, 3.8) is 0 Å². The summed E-state index contributed by atoms with van der Waals surface area (Å²) >= 11 is 0. The third kappa shape index (κ3) is 3.53. The van der Waals surface area contributed by atoms with Gasteiger partial charge >= 0.3 is 0 Å². The zero-order valence-corrected chi connectivity index (χ0v) is 9.71. The molecule has 0 saturated carbocycles. The van der Waals surface area contributed by atoms with Crippen molar-refractivity contribution in [1.29, 1.82) is 0 Å². The Hall–Kier alpha value is -1.06. The average Bonchev–Trinajstić information content (AvgIpc) is 2.27. The Morgan fingerprint density at radius 3 is 2.80 bits per heavy atom. The molecule has 0 amide bonds. The third-order valence-electron chi connectivity index (χ3n) is 2.48. The first kappa shape index (κ1) is 12.0. The number of benzene rings is 1. The molecular formula is C12H20N2O. The molecule has 0 unspecified atom stereocenters. The number of methoxy groups -OCH3 is 1. The van der Waals surface area contributed by atoms with E-state index in [1.165, 1.54) is 5.56 Å². The van der Waals surface area contributed by atoms with Crippen LogP contribution >= 0.6 is 0 Å². The molecule has 0 bridgehead atoms. The number of ether oxygens (including phenoxy) is 1. The summed E-state index contributed by atoms with van der Waals surface area (Å²) in [4.78, 5) is 0. The standard InChI is InChI=1S/C12H20N2O/c1-9-4-5-11(6-12(9)15-3)8-14-10(2)7-13/h4-6,10,14H,7-8,13H2,1-3H3/t10-/m0/s1. The molecule has 3 N–H and O–H groups in total. The Labute approximate surface area is 91.6 Å². The van der Waals surface area contributed by atoms with Gasteiger partial charge in [0.25, 0.3) is 0 Å². The second-order valence-electron chi connectivity index (χ2n) is 3.82. The maximum absolute atomic E-state index is 5.53. The highest BCUT2D eigenvalue weighted by Gasteiger charge is 2.02. The van der Waals surface area contributed by atoms with E-state index in [1.807, 2.05) is 6.92 Å². The molecule has 1 aromatic carbocycles. The molecule has 0 heterocycles. The van der Waals surface area contributed by atoms with Crippen molar-refractivity contribution in [3.8, 4) is 5.75 Å². The van der Waals surface area contributed by atoms with Crippen LogP contribution < -0.4 is 15.8 Å². The molecule has 0 saturated heterocycles. The minimum absolute atomic E-state index is 0.345. The minimum atomic E-state index is 0.345. The van der Waals surface area contributed by atoms with Crippen molar-refractivity contribution in [2.45, 2.75) is 26.4 Å². The van der Waals surface area contributed by atoms with Gasteiger partial charge in [0.1, 0.15) is 5.75 Å².